The Bertz CT molecular complexity index is 839. The highest BCUT2D eigenvalue weighted by molar-refractivity contribution is 5.75. The van der Waals surface area contributed by atoms with Gasteiger partial charge in [-0.25, -0.2) is 4.98 Å². The predicted octanol–water partition coefficient (Wildman–Crippen LogP) is 4.12. The Labute approximate surface area is 148 Å². The summed E-state index contributed by atoms with van der Waals surface area (Å²) in [4.78, 5) is 4.48. The molecule has 0 spiro atoms. The molecule has 0 radical (unpaired) electrons. The zero-order chi connectivity index (χ0) is 17.5. The molecule has 0 unspecified atom stereocenters. The minimum Gasteiger partial charge on any atom is -0.493 e. The van der Waals surface area contributed by atoms with E-state index in [-0.39, 0.29) is 6.61 Å². The van der Waals surface area contributed by atoms with Crippen molar-refractivity contribution in [2.45, 2.75) is 32.4 Å². The molecule has 0 aliphatic rings. The minimum atomic E-state index is -0.0416. The number of hydrogen-bond acceptors (Lipinski definition) is 3. The number of aromatic nitrogens is 2. The van der Waals surface area contributed by atoms with E-state index in [2.05, 4.69) is 22.2 Å². The molecule has 0 saturated heterocycles. The number of aryl methyl sites for hydroxylation is 1. The van der Waals surface area contributed by atoms with E-state index < -0.39 is 0 Å². The highest BCUT2D eigenvalue weighted by Gasteiger charge is 2.09. The normalized spacial score (nSPS) is 10.9. The molecule has 1 N–H and O–H groups in total. The Morgan fingerprint density at radius 1 is 1.08 bits per heavy atom. The van der Waals surface area contributed by atoms with E-state index in [9.17, 15) is 5.11 Å². The molecule has 2 aromatic carbocycles. The van der Waals surface area contributed by atoms with Crippen molar-refractivity contribution in [1.29, 1.82) is 0 Å². The van der Waals surface area contributed by atoms with Crippen LogP contribution in [-0.4, -0.2) is 21.3 Å². The molecule has 1 aromatic heterocycles. The third-order valence-corrected chi connectivity index (χ3v) is 4.25. The van der Waals surface area contributed by atoms with Crippen molar-refractivity contribution >= 4 is 11.0 Å². The zero-order valence-electron chi connectivity index (χ0n) is 14.4. The molecule has 25 heavy (non-hydrogen) atoms. The molecule has 0 aliphatic heterocycles. The molecule has 0 amide bonds. The van der Waals surface area contributed by atoms with Crippen LogP contribution in [0, 0.1) is 0 Å². The summed E-state index contributed by atoms with van der Waals surface area (Å²) >= 11 is 0. The molecule has 0 atom stereocenters. The standard InChI is InChI=1S/C21H24N2O2/c1-2-9-17-10-3-6-13-20(17)25-15-8-7-14-23-19-12-5-4-11-18(19)22-21(23)16-24/h2-6,10-13,24H,1,7-9,14-16H2. The van der Waals surface area contributed by atoms with E-state index in [1.807, 2.05) is 48.5 Å². The van der Waals surface area contributed by atoms with Gasteiger partial charge < -0.3 is 14.4 Å². The summed E-state index contributed by atoms with van der Waals surface area (Å²) in [5, 5.41) is 9.54. The SMILES string of the molecule is C=CCc1ccccc1OCCCCn1c(CO)nc2ccccc21. The highest BCUT2D eigenvalue weighted by Crippen LogP contribution is 2.20. The molecule has 3 aromatic rings. The Morgan fingerprint density at radius 3 is 2.72 bits per heavy atom. The number of aliphatic hydroxyl groups excluding tert-OH is 1. The molecule has 130 valence electrons. The summed E-state index contributed by atoms with van der Waals surface area (Å²) in [5.74, 6) is 1.66. The number of ether oxygens (including phenoxy) is 1. The van der Waals surface area contributed by atoms with E-state index in [1.54, 1.807) is 0 Å². The molecule has 3 rings (SSSR count). The fraction of sp³-hybridized carbons (Fsp3) is 0.286. The second-order valence-electron chi connectivity index (χ2n) is 5.98. The first-order valence-electron chi connectivity index (χ1n) is 8.70. The van der Waals surface area contributed by atoms with Crippen molar-refractivity contribution < 1.29 is 9.84 Å². The number of para-hydroxylation sites is 3. The van der Waals surface area contributed by atoms with Crippen LogP contribution in [0.4, 0.5) is 0 Å². The quantitative estimate of drug-likeness (QED) is 0.472. The molecule has 1 heterocycles. The van der Waals surface area contributed by atoms with Crippen molar-refractivity contribution in [1.82, 2.24) is 9.55 Å². The lowest BCUT2D eigenvalue weighted by Crippen LogP contribution is -2.06. The van der Waals surface area contributed by atoms with Crippen LogP contribution in [-0.2, 0) is 19.6 Å². The van der Waals surface area contributed by atoms with Crippen LogP contribution in [0.3, 0.4) is 0 Å². The fourth-order valence-corrected chi connectivity index (χ4v) is 3.02. The monoisotopic (exact) mass is 336 g/mol. The third-order valence-electron chi connectivity index (χ3n) is 4.25. The van der Waals surface area contributed by atoms with Gasteiger partial charge in [-0.3, -0.25) is 0 Å². The molecular weight excluding hydrogens is 312 g/mol. The summed E-state index contributed by atoms with van der Waals surface area (Å²) in [7, 11) is 0. The van der Waals surface area contributed by atoms with Crippen molar-refractivity contribution in [2.75, 3.05) is 6.61 Å². The van der Waals surface area contributed by atoms with Crippen molar-refractivity contribution in [2.24, 2.45) is 0 Å². The molecular formula is C21H24N2O2. The number of imidazole rings is 1. The molecule has 0 saturated carbocycles. The lowest BCUT2D eigenvalue weighted by molar-refractivity contribution is 0.263. The van der Waals surface area contributed by atoms with E-state index in [0.717, 1.165) is 48.4 Å². The van der Waals surface area contributed by atoms with Gasteiger partial charge in [-0.2, -0.15) is 0 Å². The van der Waals surface area contributed by atoms with E-state index in [0.29, 0.717) is 6.61 Å². The number of rotatable bonds is 9. The minimum absolute atomic E-state index is 0.0416. The van der Waals surface area contributed by atoms with Gasteiger partial charge in [0.25, 0.3) is 0 Å². The van der Waals surface area contributed by atoms with Crippen LogP contribution in [0.1, 0.15) is 24.2 Å². The highest BCUT2D eigenvalue weighted by atomic mass is 16.5. The van der Waals surface area contributed by atoms with Gasteiger partial charge in [0.1, 0.15) is 18.2 Å². The topological polar surface area (TPSA) is 47.3 Å². The fourth-order valence-electron chi connectivity index (χ4n) is 3.02. The van der Waals surface area contributed by atoms with Gasteiger partial charge in [0.2, 0.25) is 0 Å². The van der Waals surface area contributed by atoms with Crippen molar-refractivity contribution in [3.05, 3.63) is 72.6 Å². The average molecular weight is 336 g/mol. The van der Waals surface area contributed by atoms with Gasteiger partial charge in [0.05, 0.1) is 17.6 Å². The Morgan fingerprint density at radius 2 is 1.88 bits per heavy atom. The molecule has 0 aliphatic carbocycles. The summed E-state index contributed by atoms with van der Waals surface area (Å²) in [6, 6.07) is 16.1. The summed E-state index contributed by atoms with van der Waals surface area (Å²) in [6.45, 7) is 5.25. The second-order valence-corrected chi connectivity index (χ2v) is 5.98. The lowest BCUT2D eigenvalue weighted by Gasteiger charge is -2.11. The number of allylic oxidation sites excluding steroid dienone is 1. The first-order chi connectivity index (χ1) is 12.3. The smallest absolute Gasteiger partial charge is 0.135 e. The molecule has 0 bridgehead atoms. The van der Waals surface area contributed by atoms with Gasteiger partial charge in [-0.15, -0.1) is 6.58 Å². The van der Waals surface area contributed by atoms with Crippen LogP contribution in [0.15, 0.2) is 61.2 Å². The van der Waals surface area contributed by atoms with Crippen molar-refractivity contribution in [3.63, 3.8) is 0 Å². The number of hydrogen-bond donors (Lipinski definition) is 1. The summed E-state index contributed by atoms with van der Waals surface area (Å²) in [6.07, 6.45) is 4.62. The largest absolute Gasteiger partial charge is 0.493 e. The van der Waals surface area contributed by atoms with Gasteiger partial charge in [0, 0.05) is 6.54 Å². The van der Waals surface area contributed by atoms with Crippen LogP contribution < -0.4 is 4.74 Å². The molecule has 4 nitrogen and oxygen atoms in total. The van der Waals surface area contributed by atoms with E-state index >= 15 is 0 Å². The summed E-state index contributed by atoms with van der Waals surface area (Å²) in [5.41, 5.74) is 3.17. The number of nitrogens with zero attached hydrogens (tertiary/aromatic N) is 2. The van der Waals surface area contributed by atoms with Crippen LogP contribution >= 0.6 is 0 Å². The zero-order valence-corrected chi connectivity index (χ0v) is 14.4. The Kier molecular flexibility index (Phi) is 5.86. The summed E-state index contributed by atoms with van der Waals surface area (Å²) < 4.78 is 8.03. The van der Waals surface area contributed by atoms with Crippen LogP contribution in [0.25, 0.3) is 11.0 Å². The number of unbranched alkanes of at least 4 members (excludes halogenated alkanes) is 1. The van der Waals surface area contributed by atoms with Gasteiger partial charge in [-0.1, -0.05) is 36.4 Å². The Hall–Kier alpha value is -2.59. The van der Waals surface area contributed by atoms with Gasteiger partial charge in [-0.05, 0) is 43.0 Å². The number of fused-ring (bicyclic) bond motifs is 1. The predicted molar refractivity (Wildman–Crippen MR) is 101 cm³/mol. The molecule has 0 fully saturated rings. The third kappa shape index (κ3) is 4.09. The Balaban J connectivity index is 1.55. The maximum absolute atomic E-state index is 9.54. The average Bonchev–Trinajstić information content (AvgIpc) is 3.01. The van der Waals surface area contributed by atoms with Crippen LogP contribution in [0.2, 0.25) is 0 Å². The van der Waals surface area contributed by atoms with E-state index in [1.165, 1.54) is 5.56 Å². The maximum atomic E-state index is 9.54. The maximum Gasteiger partial charge on any atom is 0.135 e. The first-order valence-corrected chi connectivity index (χ1v) is 8.70. The molecule has 4 heteroatoms. The van der Waals surface area contributed by atoms with Gasteiger partial charge in [0.15, 0.2) is 0 Å². The number of aliphatic hydroxyl groups is 1. The lowest BCUT2D eigenvalue weighted by atomic mass is 10.1. The van der Waals surface area contributed by atoms with E-state index in [4.69, 9.17) is 4.74 Å². The number of benzene rings is 2. The van der Waals surface area contributed by atoms with Crippen molar-refractivity contribution in [3.8, 4) is 5.75 Å². The van der Waals surface area contributed by atoms with Crippen LogP contribution in [0.5, 0.6) is 5.75 Å². The first kappa shape index (κ1) is 17.2. The second kappa shape index (κ2) is 8.49. The van der Waals surface area contributed by atoms with Gasteiger partial charge >= 0.3 is 0 Å².